The number of hydrogen-bond donors (Lipinski definition) is 1. The lowest BCUT2D eigenvalue weighted by molar-refractivity contribution is -0.870. The van der Waals surface area contributed by atoms with Crippen molar-refractivity contribution in [3.8, 4) is 0 Å². The molecule has 0 aliphatic heterocycles. The molecule has 0 rings (SSSR count). The maximum Gasteiger partial charge on any atom is 0.306 e. The minimum Gasteiger partial charge on any atom is -0.756 e. The van der Waals surface area contributed by atoms with Crippen molar-refractivity contribution in [2.24, 2.45) is 0 Å². The number of phosphoric acid groups is 1. The monoisotopic (exact) mass is 1200 g/mol. The number of nitrogens with one attached hydrogen (secondary N) is 1. The maximum absolute atomic E-state index is 13.6. The summed E-state index contributed by atoms with van der Waals surface area (Å²) in [5.41, 5.74) is 0. The fourth-order valence-corrected chi connectivity index (χ4v) is 10.1. The van der Waals surface area contributed by atoms with Gasteiger partial charge in [0, 0.05) is 12.8 Å². The lowest BCUT2D eigenvalue weighted by atomic mass is 10.0. The van der Waals surface area contributed by atoms with Gasteiger partial charge in [-0.15, -0.1) is 0 Å². The van der Waals surface area contributed by atoms with Crippen LogP contribution in [0.3, 0.4) is 0 Å². The molecule has 0 fully saturated rings. The smallest absolute Gasteiger partial charge is 0.306 e. The Morgan fingerprint density at radius 1 is 0.424 bits per heavy atom. The molecule has 0 aliphatic carbocycles. The zero-order valence-corrected chi connectivity index (χ0v) is 56.4. The summed E-state index contributed by atoms with van der Waals surface area (Å²) in [4.78, 5) is 40.2. The molecule has 1 amide bonds. The van der Waals surface area contributed by atoms with Gasteiger partial charge in [-0.2, -0.15) is 0 Å². The molecule has 1 N–H and O–H groups in total. The quantitative estimate of drug-likeness (QED) is 0.0212. The first-order valence-corrected chi connectivity index (χ1v) is 36.0. The predicted molar refractivity (Wildman–Crippen MR) is 366 cm³/mol. The molecule has 0 aromatic rings. The largest absolute Gasteiger partial charge is 0.756 e. The number of ether oxygens (including phenoxy) is 1. The van der Waals surface area contributed by atoms with E-state index in [0.717, 1.165) is 141 Å². The van der Waals surface area contributed by atoms with Crippen molar-refractivity contribution < 1.29 is 37.3 Å². The summed E-state index contributed by atoms with van der Waals surface area (Å²) in [6.45, 7) is 6.60. The van der Waals surface area contributed by atoms with E-state index >= 15 is 0 Å². The predicted octanol–water partition coefficient (Wildman–Crippen LogP) is 21.4. The number of hydrogen-bond acceptors (Lipinski definition) is 7. The Kier molecular flexibility index (Phi) is 60.3. The van der Waals surface area contributed by atoms with Gasteiger partial charge in [0.1, 0.15) is 19.3 Å². The Bertz CT molecular complexity index is 1920. The number of amides is 1. The van der Waals surface area contributed by atoms with Gasteiger partial charge in [-0.05, 0) is 122 Å². The lowest BCUT2D eigenvalue weighted by Gasteiger charge is -2.30. The van der Waals surface area contributed by atoms with Crippen molar-refractivity contribution in [3.05, 3.63) is 134 Å². The van der Waals surface area contributed by atoms with E-state index < -0.39 is 26.6 Å². The SMILES string of the molecule is CC/C=C\C/C=C\C/C=C\C/C=C\C/C=C\CCCCCCCCCCCC(=O)OC(/C=C/CCCCCCCCCCCCC)C(COP(=O)([O-])OCC[N+](C)(C)C)NC(=O)CCCCCCC/C=C\C/C=C\C/C=C\C/C=C\C/C=C\CC. The molecule has 0 saturated heterocycles. The van der Waals surface area contributed by atoms with Crippen LogP contribution in [0.1, 0.15) is 278 Å². The molecule has 3 atom stereocenters. The van der Waals surface area contributed by atoms with Crippen molar-refractivity contribution in [3.63, 3.8) is 0 Å². The first-order chi connectivity index (χ1) is 41.4. The van der Waals surface area contributed by atoms with E-state index in [-0.39, 0.29) is 31.3 Å². The van der Waals surface area contributed by atoms with E-state index in [4.69, 9.17) is 13.8 Å². The van der Waals surface area contributed by atoms with E-state index in [1.165, 1.54) is 89.9 Å². The van der Waals surface area contributed by atoms with E-state index in [2.05, 4.69) is 148 Å². The van der Waals surface area contributed by atoms with Gasteiger partial charge in [-0.3, -0.25) is 14.2 Å². The molecule has 0 aromatic carbocycles. The first kappa shape index (κ1) is 81.2. The summed E-state index contributed by atoms with van der Waals surface area (Å²) in [5, 5.41) is 3.03. The van der Waals surface area contributed by atoms with Gasteiger partial charge in [0.25, 0.3) is 7.82 Å². The Labute approximate surface area is 524 Å². The molecule has 486 valence electrons. The Hall–Kier alpha value is -3.85. The lowest BCUT2D eigenvalue weighted by Crippen LogP contribution is -2.47. The molecular weight excluding hydrogens is 1070 g/mol. The van der Waals surface area contributed by atoms with Crippen LogP contribution in [-0.2, 0) is 27.9 Å². The highest BCUT2D eigenvalue weighted by atomic mass is 31.2. The number of carbonyl (C=O) groups excluding carboxylic acids is 2. The van der Waals surface area contributed by atoms with E-state index in [1.807, 2.05) is 33.3 Å². The number of likely N-dealkylation sites (N-methyl/N-ethyl adjacent to an activating group) is 1. The second kappa shape index (κ2) is 63.2. The van der Waals surface area contributed by atoms with Crippen molar-refractivity contribution in [2.75, 3.05) is 40.9 Å². The van der Waals surface area contributed by atoms with Crippen LogP contribution in [0.2, 0.25) is 0 Å². The topological polar surface area (TPSA) is 114 Å². The Morgan fingerprint density at radius 2 is 0.753 bits per heavy atom. The molecule has 0 saturated carbocycles. The van der Waals surface area contributed by atoms with Gasteiger partial charge in [-0.25, -0.2) is 0 Å². The average molecular weight is 1200 g/mol. The third-order valence-electron chi connectivity index (χ3n) is 14.6. The van der Waals surface area contributed by atoms with Crippen molar-refractivity contribution in [1.29, 1.82) is 0 Å². The molecule has 10 heteroatoms. The average Bonchev–Trinajstić information content (AvgIpc) is 3.48. The van der Waals surface area contributed by atoms with E-state index in [9.17, 15) is 19.0 Å². The van der Waals surface area contributed by atoms with Crippen LogP contribution >= 0.6 is 7.82 Å². The zero-order valence-electron chi connectivity index (χ0n) is 55.5. The minimum atomic E-state index is -4.72. The summed E-state index contributed by atoms with van der Waals surface area (Å²) in [5.74, 6) is -0.575. The fourth-order valence-electron chi connectivity index (χ4n) is 9.34. The van der Waals surface area contributed by atoms with Crippen LogP contribution in [0.15, 0.2) is 134 Å². The van der Waals surface area contributed by atoms with Gasteiger partial charge in [0.05, 0.1) is 33.8 Å². The number of carbonyl (C=O) groups is 2. The maximum atomic E-state index is 13.6. The van der Waals surface area contributed by atoms with Gasteiger partial charge >= 0.3 is 5.97 Å². The summed E-state index contributed by atoms with van der Waals surface area (Å²) >= 11 is 0. The highest BCUT2D eigenvalue weighted by Gasteiger charge is 2.27. The van der Waals surface area contributed by atoms with Gasteiger partial charge < -0.3 is 28.5 Å². The summed E-state index contributed by atoms with van der Waals surface area (Å²) < 4.78 is 30.4. The molecule has 0 spiro atoms. The standard InChI is InChI=1S/C75H129N2O7P/c1-7-10-13-16-19-22-25-28-30-32-34-36-37-38-39-41-43-45-47-50-53-56-59-62-65-68-75(79)84-73(66-63-60-57-54-51-48-27-24-21-18-15-12-9-3)72(71-83-85(80,81)82-70-69-77(4,5)6)76-74(78)67-64-61-58-55-52-49-46-44-42-40-35-33-31-29-26-23-20-17-14-11-8-2/h10-11,13-14,19-20,22-23,28-31,34-36,38-40,44,46,63,66,72-73H,7-9,12,15-18,21,24-27,32-33,37,41-43,45,47-62,64-65,67-71H2,1-6H3,(H-,76,78,80,81)/b13-10-,14-11-,22-19-,23-20-,30-28-,31-29-,36-34-,39-38-,40-35-,46-44-,66-63+. The molecular formula is C75H129N2O7P. The van der Waals surface area contributed by atoms with Crippen LogP contribution in [0.5, 0.6) is 0 Å². The first-order valence-electron chi connectivity index (χ1n) is 34.5. The third kappa shape index (κ3) is 64.5. The molecule has 0 heterocycles. The summed E-state index contributed by atoms with van der Waals surface area (Å²) in [7, 11) is 1.15. The Balaban J connectivity index is 5.21. The van der Waals surface area contributed by atoms with Crippen LogP contribution in [-0.4, -0.2) is 69.4 Å². The summed E-state index contributed by atoms with van der Waals surface area (Å²) in [6.07, 6.45) is 89.9. The zero-order chi connectivity index (χ0) is 62.1. The van der Waals surface area contributed by atoms with Crippen molar-refractivity contribution >= 4 is 19.7 Å². The second-order valence-electron chi connectivity index (χ2n) is 23.9. The van der Waals surface area contributed by atoms with E-state index in [1.54, 1.807) is 0 Å². The highest BCUT2D eigenvalue weighted by molar-refractivity contribution is 7.45. The number of quaternary nitrogens is 1. The number of rotatable bonds is 61. The van der Waals surface area contributed by atoms with Crippen LogP contribution < -0.4 is 10.2 Å². The normalized spacial score (nSPS) is 14.4. The molecule has 9 nitrogen and oxygen atoms in total. The molecule has 3 unspecified atom stereocenters. The van der Waals surface area contributed by atoms with Gasteiger partial charge in [0.2, 0.25) is 5.91 Å². The molecule has 0 aliphatic rings. The number of phosphoric ester groups is 1. The number of nitrogens with zero attached hydrogens (tertiary/aromatic N) is 1. The number of allylic oxidation sites excluding steroid dienone is 21. The number of unbranched alkanes of at least 4 members (excludes halogenated alkanes) is 25. The van der Waals surface area contributed by atoms with E-state index in [0.29, 0.717) is 23.9 Å². The van der Waals surface area contributed by atoms with Crippen LogP contribution in [0.25, 0.3) is 0 Å². The van der Waals surface area contributed by atoms with Crippen LogP contribution in [0.4, 0.5) is 0 Å². The van der Waals surface area contributed by atoms with Crippen molar-refractivity contribution in [1.82, 2.24) is 5.32 Å². The molecule has 0 bridgehead atoms. The molecule has 0 radical (unpaired) electrons. The molecule has 0 aromatic heterocycles. The number of esters is 1. The van der Waals surface area contributed by atoms with Crippen LogP contribution in [0, 0.1) is 0 Å². The summed E-state index contributed by atoms with van der Waals surface area (Å²) in [6, 6.07) is -0.912. The van der Waals surface area contributed by atoms with Crippen molar-refractivity contribution in [2.45, 2.75) is 290 Å². The van der Waals surface area contributed by atoms with Gasteiger partial charge in [0.15, 0.2) is 0 Å². The fraction of sp³-hybridized carbons (Fsp3) is 0.680. The van der Waals surface area contributed by atoms with Gasteiger partial charge in [-0.1, -0.05) is 277 Å². The third-order valence-corrected chi connectivity index (χ3v) is 15.5. The molecule has 85 heavy (non-hydrogen) atoms. The minimum absolute atomic E-state index is 0.0344. The highest BCUT2D eigenvalue weighted by Crippen LogP contribution is 2.38. The Morgan fingerprint density at radius 3 is 1.13 bits per heavy atom. The second-order valence-corrected chi connectivity index (χ2v) is 25.3.